The van der Waals surface area contributed by atoms with E-state index in [4.69, 9.17) is 11.6 Å². The number of benzene rings is 1. The molecule has 1 atom stereocenters. The van der Waals surface area contributed by atoms with Crippen molar-refractivity contribution in [3.05, 3.63) is 34.3 Å². The molecule has 1 heterocycles. The van der Waals surface area contributed by atoms with Crippen LogP contribution in [-0.4, -0.2) is 18.9 Å². The van der Waals surface area contributed by atoms with Crippen LogP contribution in [-0.2, 0) is 17.6 Å². The highest BCUT2D eigenvalue weighted by atomic mass is 35.5. The van der Waals surface area contributed by atoms with Crippen molar-refractivity contribution in [2.24, 2.45) is 11.8 Å². The number of hydrogen-bond acceptors (Lipinski definition) is 2. The van der Waals surface area contributed by atoms with Crippen LogP contribution >= 0.6 is 11.6 Å². The van der Waals surface area contributed by atoms with Crippen molar-refractivity contribution in [2.75, 3.05) is 13.1 Å². The molecule has 1 aromatic carbocycles. The van der Waals surface area contributed by atoms with Gasteiger partial charge in [0.25, 0.3) is 0 Å². The molecule has 126 valence electrons. The Morgan fingerprint density at radius 1 is 1.04 bits per heavy atom. The molecule has 2 nitrogen and oxygen atoms in total. The number of carbonyl (C=O) groups is 1. The zero-order valence-corrected chi connectivity index (χ0v) is 14.7. The van der Waals surface area contributed by atoms with Gasteiger partial charge in [0.1, 0.15) is 5.78 Å². The number of carbonyl (C=O) groups excluding carboxylic acids is 1. The number of nitrogens with one attached hydrogen (secondary N) is 1. The van der Waals surface area contributed by atoms with Gasteiger partial charge in [0.2, 0.25) is 0 Å². The fourth-order valence-electron chi connectivity index (χ4n) is 4.17. The van der Waals surface area contributed by atoms with Crippen molar-refractivity contribution in [2.45, 2.75) is 57.8 Å². The molecule has 0 bridgehead atoms. The lowest BCUT2D eigenvalue weighted by molar-refractivity contribution is -0.120. The number of rotatable bonds is 3. The second kappa shape index (κ2) is 8.30. The van der Waals surface area contributed by atoms with E-state index in [1.165, 1.54) is 36.8 Å². The summed E-state index contributed by atoms with van der Waals surface area (Å²) in [6.07, 6.45) is 9.42. The Hall–Kier alpha value is -0.860. The minimum Gasteiger partial charge on any atom is -0.317 e. The van der Waals surface area contributed by atoms with Gasteiger partial charge in [-0.1, -0.05) is 30.2 Å². The summed E-state index contributed by atoms with van der Waals surface area (Å²) < 4.78 is 0. The lowest BCUT2D eigenvalue weighted by Gasteiger charge is -2.25. The van der Waals surface area contributed by atoms with Gasteiger partial charge >= 0.3 is 0 Å². The van der Waals surface area contributed by atoms with E-state index >= 15 is 0 Å². The predicted molar refractivity (Wildman–Crippen MR) is 96.0 cm³/mol. The van der Waals surface area contributed by atoms with Gasteiger partial charge in [-0.3, -0.25) is 4.79 Å². The smallest absolute Gasteiger partial charge is 0.133 e. The van der Waals surface area contributed by atoms with E-state index in [2.05, 4.69) is 11.4 Å². The SMILES string of the molecule is O=C1CCCc2cccc(Cl)c2CC(CCC2CCNCC2)C1. The number of piperidine rings is 1. The van der Waals surface area contributed by atoms with Gasteiger partial charge in [0.15, 0.2) is 0 Å². The minimum absolute atomic E-state index is 0.448. The molecule has 0 spiro atoms. The maximum atomic E-state index is 12.2. The Labute approximate surface area is 145 Å². The van der Waals surface area contributed by atoms with Crippen molar-refractivity contribution in [1.29, 1.82) is 0 Å². The molecule has 1 fully saturated rings. The molecule has 1 aliphatic carbocycles. The number of Topliss-reactive ketones (excluding diaryl/α,β-unsaturated/α-hetero) is 1. The highest BCUT2D eigenvalue weighted by Gasteiger charge is 2.22. The van der Waals surface area contributed by atoms with E-state index in [1.807, 2.05) is 12.1 Å². The maximum Gasteiger partial charge on any atom is 0.133 e. The van der Waals surface area contributed by atoms with Crippen molar-refractivity contribution in [1.82, 2.24) is 5.32 Å². The van der Waals surface area contributed by atoms with Gasteiger partial charge in [0, 0.05) is 17.9 Å². The van der Waals surface area contributed by atoms with E-state index in [0.717, 1.165) is 56.1 Å². The lowest BCUT2D eigenvalue weighted by atomic mass is 9.84. The summed E-state index contributed by atoms with van der Waals surface area (Å²) in [6, 6.07) is 6.25. The first-order valence-electron chi connectivity index (χ1n) is 9.21. The summed E-state index contributed by atoms with van der Waals surface area (Å²) >= 11 is 6.48. The summed E-state index contributed by atoms with van der Waals surface area (Å²) in [5, 5.41) is 4.33. The van der Waals surface area contributed by atoms with E-state index in [1.54, 1.807) is 0 Å². The first kappa shape index (κ1) is 17.0. The number of halogens is 1. The quantitative estimate of drug-likeness (QED) is 0.877. The van der Waals surface area contributed by atoms with E-state index < -0.39 is 0 Å². The Morgan fingerprint density at radius 3 is 2.65 bits per heavy atom. The molecule has 1 saturated heterocycles. The highest BCUT2D eigenvalue weighted by molar-refractivity contribution is 6.31. The fourth-order valence-corrected chi connectivity index (χ4v) is 4.44. The zero-order chi connectivity index (χ0) is 16.1. The third kappa shape index (κ3) is 4.81. The van der Waals surface area contributed by atoms with Gasteiger partial charge in [0.05, 0.1) is 0 Å². The van der Waals surface area contributed by atoms with Gasteiger partial charge in [-0.25, -0.2) is 0 Å². The second-order valence-corrected chi connectivity index (χ2v) is 7.72. The average Bonchev–Trinajstić information content (AvgIpc) is 2.63. The summed E-state index contributed by atoms with van der Waals surface area (Å²) in [5.74, 6) is 1.75. The Balaban J connectivity index is 1.69. The normalized spacial score (nSPS) is 23.7. The van der Waals surface area contributed by atoms with Gasteiger partial charge in [-0.05, 0) is 80.6 Å². The third-order valence-corrected chi connectivity index (χ3v) is 5.92. The zero-order valence-electron chi connectivity index (χ0n) is 14.0. The highest BCUT2D eigenvalue weighted by Crippen LogP contribution is 2.31. The van der Waals surface area contributed by atoms with Crippen LogP contribution in [0.3, 0.4) is 0 Å². The lowest BCUT2D eigenvalue weighted by Crippen LogP contribution is -2.28. The number of aryl methyl sites for hydroxylation is 1. The van der Waals surface area contributed by atoms with Crippen LogP contribution in [0.25, 0.3) is 0 Å². The summed E-state index contributed by atoms with van der Waals surface area (Å²) in [7, 11) is 0. The number of ketones is 1. The van der Waals surface area contributed by atoms with Crippen LogP contribution in [0.4, 0.5) is 0 Å². The average molecular weight is 334 g/mol. The third-order valence-electron chi connectivity index (χ3n) is 5.57. The monoisotopic (exact) mass is 333 g/mol. The first-order chi connectivity index (χ1) is 11.2. The Bertz CT molecular complexity index is 536. The summed E-state index contributed by atoms with van der Waals surface area (Å²) in [5.41, 5.74) is 2.67. The van der Waals surface area contributed by atoms with E-state index in [0.29, 0.717) is 11.7 Å². The molecule has 1 N–H and O–H groups in total. The fraction of sp³-hybridized carbons (Fsp3) is 0.650. The molecular weight excluding hydrogens is 306 g/mol. The van der Waals surface area contributed by atoms with Crippen molar-refractivity contribution in [3.63, 3.8) is 0 Å². The molecule has 1 unspecified atom stereocenters. The maximum absolute atomic E-state index is 12.2. The molecule has 2 aliphatic rings. The van der Waals surface area contributed by atoms with Gasteiger partial charge in [-0.15, -0.1) is 0 Å². The van der Waals surface area contributed by atoms with Crippen LogP contribution in [0.1, 0.15) is 56.1 Å². The molecule has 0 saturated carbocycles. The standard InChI is InChI=1S/C20H28ClNO/c21-20-6-2-4-17-3-1-5-18(23)13-16(14-19(17)20)8-7-15-9-11-22-12-10-15/h2,4,6,15-16,22H,1,3,5,7-14H2. The topological polar surface area (TPSA) is 29.1 Å². The van der Waals surface area contributed by atoms with Crippen LogP contribution in [0.2, 0.25) is 5.02 Å². The van der Waals surface area contributed by atoms with Crippen molar-refractivity contribution in [3.8, 4) is 0 Å². The minimum atomic E-state index is 0.448. The number of hydrogen-bond donors (Lipinski definition) is 1. The Morgan fingerprint density at radius 2 is 1.83 bits per heavy atom. The molecule has 1 aromatic rings. The molecule has 0 radical (unpaired) electrons. The van der Waals surface area contributed by atoms with E-state index in [-0.39, 0.29) is 0 Å². The first-order valence-corrected chi connectivity index (χ1v) is 9.59. The largest absolute Gasteiger partial charge is 0.317 e. The molecule has 1 aliphatic heterocycles. The van der Waals surface area contributed by atoms with E-state index in [9.17, 15) is 4.79 Å². The molecule has 0 amide bonds. The van der Waals surface area contributed by atoms with Crippen molar-refractivity contribution >= 4 is 17.4 Å². The Kier molecular flexibility index (Phi) is 6.13. The number of fused-ring (bicyclic) bond motifs is 1. The summed E-state index contributed by atoms with van der Waals surface area (Å²) in [4.78, 5) is 12.2. The van der Waals surface area contributed by atoms with Crippen LogP contribution in [0.5, 0.6) is 0 Å². The molecule has 3 rings (SSSR count). The van der Waals surface area contributed by atoms with Gasteiger partial charge < -0.3 is 5.32 Å². The predicted octanol–water partition coefficient (Wildman–Crippen LogP) is 4.57. The van der Waals surface area contributed by atoms with Crippen LogP contribution in [0.15, 0.2) is 18.2 Å². The second-order valence-electron chi connectivity index (χ2n) is 7.31. The molecule has 23 heavy (non-hydrogen) atoms. The molecular formula is C20H28ClNO. The van der Waals surface area contributed by atoms with Gasteiger partial charge in [-0.2, -0.15) is 0 Å². The molecule has 0 aromatic heterocycles. The van der Waals surface area contributed by atoms with Crippen LogP contribution in [0, 0.1) is 11.8 Å². The summed E-state index contributed by atoms with van der Waals surface area (Å²) in [6.45, 7) is 2.31. The van der Waals surface area contributed by atoms with Crippen molar-refractivity contribution < 1.29 is 4.79 Å². The van der Waals surface area contributed by atoms with Crippen LogP contribution < -0.4 is 5.32 Å². The molecule has 3 heteroatoms.